The van der Waals surface area contributed by atoms with Gasteiger partial charge in [0.05, 0.1) is 20.6 Å². The molecule has 0 saturated carbocycles. The molecule has 3 aromatic carbocycles. The Morgan fingerprint density at radius 1 is 0.881 bits per heavy atom. The van der Waals surface area contributed by atoms with Crippen molar-refractivity contribution in [2.75, 3.05) is 17.4 Å². The van der Waals surface area contributed by atoms with Crippen LogP contribution >= 0.6 is 46.4 Å². The quantitative estimate of drug-likeness (QED) is 0.218. The van der Waals surface area contributed by atoms with Crippen molar-refractivity contribution in [2.45, 2.75) is 51.6 Å². The standard InChI is InChI=1S/C30H33Cl4N3O4S/c1-5-26(30(39)35-16-19(2)3)36(17-22-23(31)8-6-9-24(22)32)28(38)18-37(27-11-7-10-25(33)29(27)34)42(40,41)21-14-12-20(4)13-15-21/h6-15,19,26H,5,16-18H2,1-4H3,(H,35,39). The summed E-state index contributed by atoms with van der Waals surface area (Å²) in [5, 5.41) is 3.57. The lowest BCUT2D eigenvalue weighted by molar-refractivity contribution is -0.140. The molecule has 1 N–H and O–H groups in total. The Balaban J connectivity index is 2.13. The average Bonchev–Trinajstić information content (AvgIpc) is 2.93. The molecule has 0 radical (unpaired) electrons. The molecule has 0 aliphatic heterocycles. The van der Waals surface area contributed by atoms with Crippen LogP contribution in [-0.2, 0) is 26.2 Å². The van der Waals surface area contributed by atoms with Crippen LogP contribution in [0.1, 0.15) is 38.3 Å². The highest BCUT2D eigenvalue weighted by atomic mass is 35.5. The molecule has 12 heteroatoms. The van der Waals surface area contributed by atoms with Gasteiger partial charge in [-0.25, -0.2) is 8.42 Å². The fourth-order valence-electron chi connectivity index (χ4n) is 4.23. The highest BCUT2D eigenvalue weighted by Crippen LogP contribution is 2.36. The molecule has 0 aliphatic carbocycles. The minimum absolute atomic E-state index is 0.0196. The second-order valence-electron chi connectivity index (χ2n) is 10.2. The van der Waals surface area contributed by atoms with E-state index in [2.05, 4.69) is 5.32 Å². The van der Waals surface area contributed by atoms with E-state index >= 15 is 0 Å². The van der Waals surface area contributed by atoms with Gasteiger partial charge in [-0.05, 0) is 55.7 Å². The molecule has 226 valence electrons. The Labute approximate surface area is 267 Å². The Bertz CT molecular complexity index is 1510. The van der Waals surface area contributed by atoms with Gasteiger partial charge in [-0.2, -0.15) is 0 Å². The van der Waals surface area contributed by atoms with E-state index in [1.54, 1.807) is 43.3 Å². The summed E-state index contributed by atoms with van der Waals surface area (Å²) in [5.41, 5.74) is 1.31. The van der Waals surface area contributed by atoms with Crippen LogP contribution in [0.15, 0.2) is 65.6 Å². The van der Waals surface area contributed by atoms with Gasteiger partial charge in [0.15, 0.2) is 0 Å². The maximum absolute atomic E-state index is 14.2. The number of hydrogen-bond donors (Lipinski definition) is 1. The largest absolute Gasteiger partial charge is 0.354 e. The van der Waals surface area contributed by atoms with Gasteiger partial charge < -0.3 is 10.2 Å². The Kier molecular flexibility index (Phi) is 12.0. The molecule has 0 bridgehead atoms. The number of aryl methyl sites for hydroxylation is 1. The van der Waals surface area contributed by atoms with Crippen molar-refractivity contribution in [1.29, 1.82) is 0 Å². The van der Waals surface area contributed by atoms with E-state index in [1.807, 2.05) is 20.8 Å². The predicted molar refractivity (Wildman–Crippen MR) is 171 cm³/mol. The fourth-order valence-corrected chi connectivity index (χ4v) is 6.62. The van der Waals surface area contributed by atoms with Crippen LogP contribution in [0.25, 0.3) is 0 Å². The summed E-state index contributed by atoms with van der Waals surface area (Å²) >= 11 is 25.7. The number of sulfonamides is 1. The molecule has 3 rings (SSSR count). The molecule has 7 nitrogen and oxygen atoms in total. The highest BCUT2D eigenvalue weighted by molar-refractivity contribution is 7.92. The average molecular weight is 673 g/mol. The molecule has 0 aromatic heterocycles. The van der Waals surface area contributed by atoms with Crippen molar-refractivity contribution in [3.63, 3.8) is 0 Å². The third-order valence-electron chi connectivity index (χ3n) is 6.55. The monoisotopic (exact) mass is 671 g/mol. The van der Waals surface area contributed by atoms with Crippen LogP contribution in [0, 0.1) is 12.8 Å². The van der Waals surface area contributed by atoms with E-state index in [0.717, 1.165) is 9.87 Å². The lowest BCUT2D eigenvalue weighted by Gasteiger charge is -2.34. The summed E-state index contributed by atoms with van der Waals surface area (Å²) < 4.78 is 28.9. The number of benzene rings is 3. The Morgan fingerprint density at radius 3 is 2.02 bits per heavy atom. The first kappa shape index (κ1) is 34.0. The zero-order valence-corrected chi connectivity index (χ0v) is 27.5. The number of rotatable bonds is 12. The molecule has 0 fully saturated rings. The minimum Gasteiger partial charge on any atom is -0.354 e. The first-order valence-electron chi connectivity index (χ1n) is 13.3. The summed E-state index contributed by atoms with van der Waals surface area (Å²) in [6.07, 6.45) is 0.250. The molecular formula is C30H33Cl4N3O4S. The van der Waals surface area contributed by atoms with E-state index in [4.69, 9.17) is 46.4 Å². The van der Waals surface area contributed by atoms with Crippen LogP contribution < -0.4 is 9.62 Å². The summed E-state index contributed by atoms with van der Waals surface area (Å²) in [6.45, 7) is 7.10. The van der Waals surface area contributed by atoms with Crippen molar-refractivity contribution >= 4 is 73.9 Å². The van der Waals surface area contributed by atoms with Gasteiger partial charge in [-0.1, -0.05) is 97.0 Å². The lowest BCUT2D eigenvalue weighted by atomic mass is 10.1. The molecule has 1 atom stereocenters. The van der Waals surface area contributed by atoms with E-state index in [9.17, 15) is 18.0 Å². The van der Waals surface area contributed by atoms with Crippen LogP contribution in [0.2, 0.25) is 20.1 Å². The lowest BCUT2D eigenvalue weighted by Crippen LogP contribution is -2.52. The third-order valence-corrected chi connectivity index (χ3v) is 9.84. The van der Waals surface area contributed by atoms with Crippen molar-refractivity contribution in [3.05, 3.63) is 91.9 Å². The molecular weight excluding hydrogens is 640 g/mol. The third kappa shape index (κ3) is 8.11. The Hall–Kier alpha value is -2.49. The van der Waals surface area contributed by atoms with E-state index in [1.165, 1.54) is 29.2 Å². The fraction of sp³-hybridized carbons (Fsp3) is 0.333. The second-order valence-corrected chi connectivity index (χ2v) is 13.6. The molecule has 0 heterocycles. The number of halogens is 4. The molecule has 0 saturated heterocycles. The topological polar surface area (TPSA) is 86.8 Å². The van der Waals surface area contributed by atoms with Gasteiger partial charge in [-0.15, -0.1) is 0 Å². The summed E-state index contributed by atoms with van der Waals surface area (Å²) in [7, 11) is -4.31. The van der Waals surface area contributed by atoms with Crippen LogP contribution in [-0.4, -0.2) is 44.3 Å². The van der Waals surface area contributed by atoms with Crippen LogP contribution in [0.5, 0.6) is 0 Å². The SMILES string of the molecule is CCC(C(=O)NCC(C)C)N(Cc1c(Cl)cccc1Cl)C(=O)CN(c1cccc(Cl)c1Cl)S(=O)(=O)c1ccc(C)cc1. The molecule has 42 heavy (non-hydrogen) atoms. The van der Waals surface area contributed by atoms with Crippen molar-refractivity contribution < 1.29 is 18.0 Å². The van der Waals surface area contributed by atoms with Crippen LogP contribution in [0.3, 0.4) is 0 Å². The maximum atomic E-state index is 14.2. The highest BCUT2D eigenvalue weighted by Gasteiger charge is 2.35. The number of nitrogens with one attached hydrogen (secondary N) is 1. The molecule has 1 unspecified atom stereocenters. The predicted octanol–water partition coefficient (Wildman–Crippen LogP) is 7.38. The van der Waals surface area contributed by atoms with Crippen molar-refractivity contribution in [2.24, 2.45) is 5.92 Å². The molecule has 3 aromatic rings. The van der Waals surface area contributed by atoms with Gasteiger partial charge in [-0.3, -0.25) is 13.9 Å². The summed E-state index contributed by atoms with van der Waals surface area (Å²) in [4.78, 5) is 28.8. The van der Waals surface area contributed by atoms with Gasteiger partial charge in [0.1, 0.15) is 12.6 Å². The number of carbonyl (C=O) groups is 2. The number of carbonyl (C=O) groups excluding carboxylic acids is 2. The number of hydrogen-bond acceptors (Lipinski definition) is 4. The Morgan fingerprint density at radius 2 is 1.45 bits per heavy atom. The van der Waals surface area contributed by atoms with Gasteiger partial charge >= 0.3 is 0 Å². The number of amides is 2. The first-order valence-corrected chi connectivity index (χ1v) is 16.3. The van der Waals surface area contributed by atoms with E-state index < -0.39 is 28.5 Å². The van der Waals surface area contributed by atoms with Crippen molar-refractivity contribution in [3.8, 4) is 0 Å². The zero-order valence-electron chi connectivity index (χ0n) is 23.7. The number of anilines is 1. The minimum atomic E-state index is -4.31. The normalized spacial score (nSPS) is 12.2. The smallest absolute Gasteiger partial charge is 0.264 e. The summed E-state index contributed by atoms with van der Waals surface area (Å²) in [5.74, 6) is -0.866. The van der Waals surface area contributed by atoms with Crippen molar-refractivity contribution in [1.82, 2.24) is 10.2 Å². The summed E-state index contributed by atoms with van der Waals surface area (Å²) in [6, 6.07) is 14.7. The van der Waals surface area contributed by atoms with Crippen LogP contribution in [0.4, 0.5) is 5.69 Å². The maximum Gasteiger partial charge on any atom is 0.264 e. The molecule has 2 amide bonds. The van der Waals surface area contributed by atoms with Gasteiger partial charge in [0, 0.05) is 28.7 Å². The van der Waals surface area contributed by atoms with E-state index in [0.29, 0.717) is 22.2 Å². The van der Waals surface area contributed by atoms with Gasteiger partial charge in [0.25, 0.3) is 10.0 Å². The second kappa shape index (κ2) is 14.8. The van der Waals surface area contributed by atoms with Gasteiger partial charge in [0.2, 0.25) is 11.8 Å². The molecule has 0 aliphatic rings. The zero-order chi connectivity index (χ0) is 31.2. The number of nitrogens with zero attached hydrogens (tertiary/aromatic N) is 2. The molecule has 0 spiro atoms. The first-order chi connectivity index (χ1) is 19.8. The van der Waals surface area contributed by atoms with E-state index in [-0.39, 0.29) is 45.4 Å².